The Morgan fingerprint density at radius 2 is 1.82 bits per heavy atom. The van der Waals surface area contributed by atoms with E-state index in [9.17, 15) is 0 Å². The van der Waals surface area contributed by atoms with Crippen molar-refractivity contribution in [2.45, 2.75) is 45.6 Å². The predicted molar refractivity (Wildman–Crippen MR) is 91.9 cm³/mol. The van der Waals surface area contributed by atoms with Crippen molar-refractivity contribution in [2.24, 2.45) is 16.7 Å². The Kier molecular flexibility index (Phi) is 3.89. The van der Waals surface area contributed by atoms with Gasteiger partial charge in [-0.15, -0.1) is 0 Å². The molecule has 0 unspecified atom stereocenters. The maximum atomic E-state index is 6.72. The quantitative estimate of drug-likeness (QED) is 0.803. The molecule has 0 saturated heterocycles. The van der Waals surface area contributed by atoms with Gasteiger partial charge in [0.25, 0.3) is 0 Å². The third-order valence-electron chi connectivity index (χ3n) is 6.99. The SMILES string of the molecule is CN(C)CCO[C@]1(c2ccccc2)C[C@@H]2CC[C@@]1(C)C2(C)C. The maximum absolute atomic E-state index is 6.72. The molecule has 0 aliphatic heterocycles. The zero-order valence-electron chi connectivity index (χ0n) is 14.9. The first-order valence-electron chi connectivity index (χ1n) is 8.68. The van der Waals surface area contributed by atoms with Crippen LogP contribution in [0.2, 0.25) is 0 Å². The molecule has 2 bridgehead atoms. The Labute approximate surface area is 135 Å². The highest BCUT2D eigenvalue weighted by Gasteiger charge is 2.69. The predicted octanol–water partition coefficient (Wildman–Crippen LogP) is 4.31. The van der Waals surface area contributed by atoms with Crippen LogP contribution in [0.25, 0.3) is 0 Å². The molecule has 2 nitrogen and oxygen atoms in total. The van der Waals surface area contributed by atoms with E-state index in [1.165, 1.54) is 24.8 Å². The molecule has 0 N–H and O–H groups in total. The maximum Gasteiger partial charge on any atom is 0.0993 e. The number of hydrogen-bond acceptors (Lipinski definition) is 2. The molecule has 2 saturated carbocycles. The van der Waals surface area contributed by atoms with Crippen LogP contribution >= 0.6 is 0 Å². The number of benzene rings is 1. The number of likely N-dealkylation sites (N-methyl/N-ethyl adjacent to an activating group) is 1. The molecule has 22 heavy (non-hydrogen) atoms. The fourth-order valence-corrected chi connectivity index (χ4v) is 5.10. The van der Waals surface area contributed by atoms with Gasteiger partial charge in [-0.25, -0.2) is 0 Å². The van der Waals surface area contributed by atoms with Gasteiger partial charge in [0.05, 0.1) is 12.2 Å². The van der Waals surface area contributed by atoms with E-state index in [1.54, 1.807) is 0 Å². The third kappa shape index (κ3) is 2.07. The monoisotopic (exact) mass is 301 g/mol. The van der Waals surface area contributed by atoms with Crippen molar-refractivity contribution in [3.05, 3.63) is 35.9 Å². The Hall–Kier alpha value is -0.860. The smallest absolute Gasteiger partial charge is 0.0993 e. The molecule has 2 aliphatic rings. The van der Waals surface area contributed by atoms with Gasteiger partial charge in [0.2, 0.25) is 0 Å². The number of fused-ring (bicyclic) bond motifs is 2. The summed E-state index contributed by atoms with van der Waals surface area (Å²) in [5.41, 5.74) is 1.84. The van der Waals surface area contributed by atoms with Crippen LogP contribution in [0.15, 0.2) is 30.3 Å². The molecule has 1 aromatic carbocycles. The fourth-order valence-electron chi connectivity index (χ4n) is 5.10. The molecule has 3 atom stereocenters. The van der Waals surface area contributed by atoms with Crippen LogP contribution < -0.4 is 0 Å². The van der Waals surface area contributed by atoms with Crippen LogP contribution in [0.3, 0.4) is 0 Å². The summed E-state index contributed by atoms with van der Waals surface area (Å²) in [6, 6.07) is 11.0. The van der Waals surface area contributed by atoms with Crippen LogP contribution in [0, 0.1) is 16.7 Å². The summed E-state index contributed by atoms with van der Waals surface area (Å²) in [7, 11) is 4.23. The molecule has 1 aromatic rings. The zero-order valence-corrected chi connectivity index (χ0v) is 14.9. The average molecular weight is 301 g/mol. The van der Waals surface area contributed by atoms with Crippen molar-refractivity contribution < 1.29 is 4.74 Å². The molecule has 0 heterocycles. The standard InChI is InChI=1S/C20H31NO/c1-18(2)17-11-12-19(18,3)20(15-17,22-14-13-21(4)5)16-9-7-6-8-10-16/h6-10,17H,11-15H2,1-5H3/t17-,19-,20-/m0/s1. The highest BCUT2D eigenvalue weighted by Crippen LogP contribution is 2.73. The van der Waals surface area contributed by atoms with E-state index in [-0.39, 0.29) is 11.0 Å². The van der Waals surface area contributed by atoms with Gasteiger partial charge in [-0.2, -0.15) is 0 Å². The molecular formula is C20H31NO. The second kappa shape index (κ2) is 5.35. The highest BCUT2D eigenvalue weighted by atomic mass is 16.5. The molecule has 2 heteroatoms. The van der Waals surface area contributed by atoms with Gasteiger partial charge in [0, 0.05) is 12.0 Å². The highest BCUT2D eigenvalue weighted by molar-refractivity contribution is 5.32. The Morgan fingerprint density at radius 1 is 1.14 bits per heavy atom. The second-order valence-electron chi connectivity index (χ2n) is 8.34. The van der Waals surface area contributed by atoms with E-state index < -0.39 is 0 Å². The topological polar surface area (TPSA) is 12.5 Å². The van der Waals surface area contributed by atoms with Crippen molar-refractivity contribution >= 4 is 0 Å². The van der Waals surface area contributed by atoms with Gasteiger partial charge >= 0.3 is 0 Å². The molecular weight excluding hydrogens is 270 g/mol. The molecule has 2 fully saturated rings. The van der Waals surface area contributed by atoms with E-state index >= 15 is 0 Å². The lowest BCUT2D eigenvalue weighted by atomic mass is 9.62. The fraction of sp³-hybridized carbons (Fsp3) is 0.700. The zero-order chi connectivity index (χ0) is 16.0. The largest absolute Gasteiger partial charge is 0.368 e. The summed E-state index contributed by atoms with van der Waals surface area (Å²) >= 11 is 0. The van der Waals surface area contributed by atoms with Crippen molar-refractivity contribution in [1.29, 1.82) is 0 Å². The molecule has 3 rings (SSSR count). The van der Waals surface area contributed by atoms with E-state index in [1.807, 2.05) is 0 Å². The minimum Gasteiger partial charge on any atom is -0.368 e. The lowest BCUT2D eigenvalue weighted by Gasteiger charge is -2.49. The summed E-state index contributed by atoms with van der Waals surface area (Å²) in [4.78, 5) is 2.21. The molecule has 2 aliphatic carbocycles. The summed E-state index contributed by atoms with van der Waals surface area (Å²) in [5.74, 6) is 0.775. The van der Waals surface area contributed by atoms with Crippen molar-refractivity contribution in [1.82, 2.24) is 4.90 Å². The van der Waals surface area contributed by atoms with E-state index in [0.29, 0.717) is 5.41 Å². The van der Waals surface area contributed by atoms with Crippen LogP contribution in [0.4, 0.5) is 0 Å². The van der Waals surface area contributed by atoms with Crippen LogP contribution in [0.1, 0.15) is 45.6 Å². The van der Waals surface area contributed by atoms with Crippen molar-refractivity contribution in [3.63, 3.8) is 0 Å². The third-order valence-corrected chi connectivity index (χ3v) is 6.99. The van der Waals surface area contributed by atoms with Crippen LogP contribution in [-0.2, 0) is 10.3 Å². The van der Waals surface area contributed by atoms with E-state index in [4.69, 9.17) is 4.74 Å². The van der Waals surface area contributed by atoms with Gasteiger partial charge in [-0.3, -0.25) is 0 Å². The lowest BCUT2D eigenvalue weighted by Crippen LogP contribution is -2.47. The number of hydrogen-bond donors (Lipinski definition) is 0. The molecule has 0 radical (unpaired) electrons. The van der Waals surface area contributed by atoms with E-state index in [0.717, 1.165) is 19.1 Å². The summed E-state index contributed by atoms with van der Waals surface area (Å²) in [6.07, 6.45) is 3.81. The lowest BCUT2D eigenvalue weighted by molar-refractivity contribution is -0.148. The number of rotatable bonds is 5. The number of ether oxygens (including phenoxy) is 1. The van der Waals surface area contributed by atoms with Gasteiger partial charge in [-0.1, -0.05) is 51.1 Å². The first kappa shape index (κ1) is 16.0. The Balaban J connectivity index is 1.99. The molecule has 0 amide bonds. The normalized spacial score (nSPS) is 36.2. The van der Waals surface area contributed by atoms with Crippen molar-refractivity contribution in [3.8, 4) is 0 Å². The summed E-state index contributed by atoms with van der Waals surface area (Å²) < 4.78 is 6.72. The Bertz CT molecular complexity index is 524. The summed E-state index contributed by atoms with van der Waals surface area (Å²) in [6.45, 7) is 9.19. The van der Waals surface area contributed by atoms with Gasteiger partial charge in [-0.05, 0) is 50.3 Å². The van der Waals surface area contributed by atoms with Crippen LogP contribution in [0.5, 0.6) is 0 Å². The Morgan fingerprint density at radius 3 is 2.32 bits per heavy atom. The molecule has 0 aromatic heterocycles. The van der Waals surface area contributed by atoms with E-state index in [2.05, 4.69) is 70.1 Å². The first-order valence-corrected chi connectivity index (χ1v) is 8.68. The van der Waals surface area contributed by atoms with Gasteiger partial charge in [0.15, 0.2) is 0 Å². The van der Waals surface area contributed by atoms with Gasteiger partial charge < -0.3 is 9.64 Å². The minimum atomic E-state index is -0.114. The average Bonchev–Trinajstić information content (AvgIpc) is 2.80. The number of nitrogens with zero attached hydrogens (tertiary/aromatic N) is 1. The molecule has 122 valence electrons. The second-order valence-corrected chi connectivity index (χ2v) is 8.34. The van der Waals surface area contributed by atoms with Gasteiger partial charge in [0.1, 0.15) is 0 Å². The minimum absolute atomic E-state index is 0.114. The molecule has 0 spiro atoms. The van der Waals surface area contributed by atoms with Crippen molar-refractivity contribution in [2.75, 3.05) is 27.2 Å². The first-order chi connectivity index (χ1) is 10.3. The van der Waals surface area contributed by atoms with Crippen LogP contribution in [-0.4, -0.2) is 32.1 Å². The summed E-state index contributed by atoms with van der Waals surface area (Å²) in [5, 5.41) is 0.